The standard InChI is InChI=1S/C25H25F3O/c1-3-4-15-29-23-14-13-21(24(27)25(23)28)20-11-9-18(10-12-20)7-8-19-6-5-17(2)22(26)16-19/h3,5-6,13-14,16,18,20H,1,4,9-12,15H2,2H3. The van der Waals surface area contributed by atoms with E-state index in [1.807, 2.05) is 6.07 Å². The number of aryl methyl sites for hydroxylation is 1. The van der Waals surface area contributed by atoms with Crippen molar-refractivity contribution in [2.75, 3.05) is 6.61 Å². The van der Waals surface area contributed by atoms with Crippen LogP contribution in [0.4, 0.5) is 13.2 Å². The highest BCUT2D eigenvalue weighted by Gasteiger charge is 2.26. The first-order valence-corrected chi connectivity index (χ1v) is 9.99. The fourth-order valence-electron chi connectivity index (χ4n) is 3.63. The lowest BCUT2D eigenvalue weighted by atomic mass is 9.78. The monoisotopic (exact) mass is 398 g/mol. The van der Waals surface area contributed by atoms with Crippen LogP contribution in [0.25, 0.3) is 0 Å². The Morgan fingerprint density at radius 2 is 1.83 bits per heavy atom. The Hall–Kier alpha value is -2.67. The summed E-state index contributed by atoms with van der Waals surface area (Å²) in [5.41, 5.74) is 1.67. The largest absolute Gasteiger partial charge is 0.490 e. The van der Waals surface area contributed by atoms with Gasteiger partial charge >= 0.3 is 0 Å². The van der Waals surface area contributed by atoms with Crippen LogP contribution in [0.1, 0.15) is 54.7 Å². The van der Waals surface area contributed by atoms with Crippen molar-refractivity contribution in [2.45, 2.75) is 44.9 Å². The summed E-state index contributed by atoms with van der Waals surface area (Å²) in [6.45, 7) is 5.57. The summed E-state index contributed by atoms with van der Waals surface area (Å²) in [6, 6.07) is 8.12. The zero-order valence-corrected chi connectivity index (χ0v) is 16.6. The summed E-state index contributed by atoms with van der Waals surface area (Å²) in [4.78, 5) is 0. The maximum absolute atomic E-state index is 14.6. The average molecular weight is 398 g/mol. The SMILES string of the molecule is C=CCCOc1ccc(C2CCC(C#Cc3ccc(C)c(F)c3)CC2)c(F)c1F. The molecule has 0 radical (unpaired) electrons. The zero-order chi connectivity index (χ0) is 20.8. The van der Waals surface area contributed by atoms with Gasteiger partial charge in [0.1, 0.15) is 5.82 Å². The predicted octanol–water partition coefficient (Wildman–Crippen LogP) is 6.69. The second-order valence-electron chi connectivity index (χ2n) is 7.49. The van der Waals surface area contributed by atoms with Crippen molar-refractivity contribution in [1.82, 2.24) is 0 Å². The average Bonchev–Trinajstić information content (AvgIpc) is 2.73. The Labute approximate surface area is 170 Å². The topological polar surface area (TPSA) is 9.23 Å². The molecule has 0 aromatic heterocycles. The Bertz CT molecular complexity index is 931. The highest BCUT2D eigenvalue weighted by molar-refractivity contribution is 5.37. The van der Waals surface area contributed by atoms with Crippen LogP contribution in [0.3, 0.4) is 0 Å². The molecule has 29 heavy (non-hydrogen) atoms. The van der Waals surface area contributed by atoms with Crippen LogP contribution in [-0.4, -0.2) is 6.61 Å². The van der Waals surface area contributed by atoms with Crippen molar-refractivity contribution in [3.05, 3.63) is 77.1 Å². The molecule has 4 heteroatoms. The second kappa shape index (κ2) is 9.69. The van der Waals surface area contributed by atoms with Crippen LogP contribution >= 0.6 is 0 Å². The molecule has 0 saturated heterocycles. The minimum atomic E-state index is -0.921. The van der Waals surface area contributed by atoms with Gasteiger partial charge in [0.25, 0.3) is 0 Å². The molecule has 1 nitrogen and oxygen atoms in total. The third kappa shape index (κ3) is 5.23. The summed E-state index contributed by atoms with van der Waals surface area (Å²) in [5.74, 6) is 4.36. The predicted molar refractivity (Wildman–Crippen MR) is 109 cm³/mol. The summed E-state index contributed by atoms with van der Waals surface area (Å²) in [7, 11) is 0. The van der Waals surface area contributed by atoms with E-state index in [4.69, 9.17) is 4.74 Å². The van der Waals surface area contributed by atoms with E-state index in [-0.39, 0.29) is 30.0 Å². The zero-order valence-electron chi connectivity index (χ0n) is 16.6. The summed E-state index contributed by atoms with van der Waals surface area (Å²) in [5, 5.41) is 0. The Balaban J connectivity index is 1.62. The molecule has 2 aromatic carbocycles. The first-order valence-electron chi connectivity index (χ1n) is 9.99. The van der Waals surface area contributed by atoms with E-state index in [1.165, 1.54) is 12.1 Å². The summed E-state index contributed by atoms with van der Waals surface area (Å²) < 4.78 is 47.8. The lowest BCUT2D eigenvalue weighted by molar-refractivity contribution is 0.298. The van der Waals surface area contributed by atoms with Crippen LogP contribution in [0.2, 0.25) is 0 Å². The molecule has 0 amide bonds. The normalized spacial score (nSPS) is 18.6. The molecular weight excluding hydrogens is 373 g/mol. The smallest absolute Gasteiger partial charge is 0.200 e. The molecule has 1 aliphatic rings. The minimum Gasteiger partial charge on any atom is -0.490 e. The van der Waals surface area contributed by atoms with E-state index < -0.39 is 11.6 Å². The third-order valence-corrected chi connectivity index (χ3v) is 5.42. The highest BCUT2D eigenvalue weighted by atomic mass is 19.2. The van der Waals surface area contributed by atoms with Crippen molar-refractivity contribution >= 4 is 0 Å². The molecule has 0 atom stereocenters. The molecule has 0 N–H and O–H groups in total. The van der Waals surface area contributed by atoms with Crippen molar-refractivity contribution < 1.29 is 17.9 Å². The van der Waals surface area contributed by atoms with Crippen LogP contribution in [0.15, 0.2) is 43.0 Å². The van der Waals surface area contributed by atoms with Gasteiger partial charge in [0, 0.05) is 11.5 Å². The number of rotatable bonds is 5. The van der Waals surface area contributed by atoms with E-state index in [2.05, 4.69) is 18.4 Å². The Morgan fingerprint density at radius 1 is 1.07 bits per heavy atom. The van der Waals surface area contributed by atoms with Gasteiger partial charge in [-0.3, -0.25) is 0 Å². The number of benzene rings is 2. The van der Waals surface area contributed by atoms with E-state index in [9.17, 15) is 13.2 Å². The second-order valence-corrected chi connectivity index (χ2v) is 7.49. The molecule has 152 valence electrons. The Morgan fingerprint density at radius 3 is 2.52 bits per heavy atom. The first-order chi connectivity index (χ1) is 14.0. The maximum atomic E-state index is 14.6. The fraction of sp³-hybridized carbons (Fsp3) is 0.360. The van der Waals surface area contributed by atoms with E-state index in [0.29, 0.717) is 23.1 Å². The van der Waals surface area contributed by atoms with Crippen LogP contribution in [0, 0.1) is 42.1 Å². The highest BCUT2D eigenvalue weighted by Crippen LogP contribution is 2.38. The van der Waals surface area contributed by atoms with Gasteiger partial charge < -0.3 is 4.74 Å². The van der Waals surface area contributed by atoms with Crippen molar-refractivity contribution in [3.63, 3.8) is 0 Å². The molecule has 0 bridgehead atoms. The van der Waals surface area contributed by atoms with Crippen molar-refractivity contribution in [1.29, 1.82) is 0 Å². The van der Waals surface area contributed by atoms with Gasteiger partial charge in [-0.25, -0.2) is 8.78 Å². The number of hydrogen-bond donors (Lipinski definition) is 0. The molecule has 0 heterocycles. The van der Waals surface area contributed by atoms with Crippen LogP contribution in [0.5, 0.6) is 5.75 Å². The van der Waals surface area contributed by atoms with Gasteiger partial charge in [0.05, 0.1) is 6.61 Å². The number of hydrogen-bond acceptors (Lipinski definition) is 1. The quantitative estimate of drug-likeness (QED) is 0.310. The van der Waals surface area contributed by atoms with Crippen molar-refractivity contribution in [3.8, 4) is 17.6 Å². The maximum Gasteiger partial charge on any atom is 0.200 e. The molecule has 1 aliphatic carbocycles. The fourth-order valence-corrected chi connectivity index (χ4v) is 3.63. The summed E-state index contributed by atoms with van der Waals surface area (Å²) in [6.07, 6.45) is 5.35. The molecule has 0 unspecified atom stereocenters. The van der Waals surface area contributed by atoms with Gasteiger partial charge in [-0.1, -0.05) is 30.0 Å². The van der Waals surface area contributed by atoms with Gasteiger partial charge in [-0.2, -0.15) is 4.39 Å². The molecular formula is C25H25F3O. The number of ether oxygens (including phenoxy) is 1. The molecule has 1 fully saturated rings. The van der Waals surface area contributed by atoms with Crippen LogP contribution < -0.4 is 4.74 Å². The van der Waals surface area contributed by atoms with E-state index >= 15 is 0 Å². The minimum absolute atomic E-state index is 0.0263. The first kappa shape index (κ1) is 21.0. The van der Waals surface area contributed by atoms with Crippen molar-refractivity contribution in [2.24, 2.45) is 5.92 Å². The molecule has 3 rings (SSSR count). The van der Waals surface area contributed by atoms with E-state index in [0.717, 1.165) is 25.7 Å². The Kier molecular flexibility index (Phi) is 7.04. The van der Waals surface area contributed by atoms with Gasteiger partial charge in [0.15, 0.2) is 11.6 Å². The molecule has 0 aliphatic heterocycles. The number of halogens is 3. The van der Waals surface area contributed by atoms with Gasteiger partial charge in [0.2, 0.25) is 5.82 Å². The lowest BCUT2D eigenvalue weighted by Crippen LogP contribution is -2.14. The van der Waals surface area contributed by atoms with Gasteiger partial charge in [-0.05, 0) is 74.3 Å². The molecule has 1 saturated carbocycles. The van der Waals surface area contributed by atoms with Crippen LogP contribution in [-0.2, 0) is 0 Å². The molecule has 0 spiro atoms. The summed E-state index contributed by atoms with van der Waals surface area (Å²) >= 11 is 0. The molecule has 2 aromatic rings. The third-order valence-electron chi connectivity index (χ3n) is 5.42. The lowest BCUT2D eigenvalue weighted by Gasteiger charge is -2.26. The van der Waals surface area contributed by atoms with Gasteiger partial charge in [-0.15, -0.1) is 6.58 Å². The van der Waals surface area contributed by atoms with E-state index in [1.54, 1.807) is 25.1 Å².